The van der Waals surface area contributed by atoms with Crippen LogP contribution < -0.4 is 0 Å². The summed E-state index contributed by atoms with van der Waals surface area (Å²) in [6, 6.07) is 13.7. The molecule has 2 heteroatoms. The zero-order chi connectivity index (χ0) is 16.3. The molecule has 0 bridgehead atoms. The van der Waals surface area contributed by atoms with Crippen molar-refractivity contribution in [1.29, 1.82) is 0 Å². The Morgan fingerprint density at radius 3 is 1.87 bits per heavy atom. The van der Waals surface area contributed by atoms with Crippen LogP contribution in [-0.4, -0.2) is 0 Å². The number of hydrogen-bond acceptors (Lipinski definition) is 0. The second-order valence-electron chi connectivity index (χ2n) is 6.83. The Balaban J connectivity index is 2.01. The van der Waals surface area contributed by atoms with E-state index in [0.717, 1.165) is 42.7 Å². The van der Waals surface area contributed by atoms with Gasteiger partial charge >= 0.3 is 0 Å². The molecule has 122 valence electrons. The molecule has 0 saturated heterocycles. The molecule has 1 saturated carbocycles. The molecule has 0 amide bonds. The predicted molar refractivity (Wildman–Crippen MR) is 90.4 cm³/mol. The minimum absolute atomic E-state index is 0.214. The molecular formula is C21H24F2. The van der Waals surface area contributed by atoms with Crippen molar-refractivity contribution in [3.8, 4) is 0 Å². The van der Waals surface area contributed by atoms with Gasteiger partial charge in [-0.25, -0.2) is 8.78 Å². The van der Waals surface area contributed by atoms with Crippen LogP contribution in [0.25, 0.3) is 0 Å². The highest BCUT2D eigenvalue weighted by atomic mass is 19.1. The summed E-state index contributed by atoms with van der Waals surface area (Å²) in [7, 11) is 0. The van der Waals surface area contributed by atoms with Crippen LogP contribution >= 0.6 is 0 Å². The van der Waals surface area contributed by atoms with Crippen molar-refractivity contribution in [3.63, 3.8) is 0 Å². The second kappa shape index (κ2) is 6.82. The Hall–Kier alpha value is -1.70. The third kappa shape index (κ3) is 3.31. The smallest absolute Gasteiger partial charge is 0.123 e. The average molecular weight is 314 g/mol. The summed E-state index contributed by atoms with van der Waals surface area (Å²) in [6.45, 7) is 2.22. The van der Waals surface area contributed by atoms with E-state index in [1.165, 1.54) is 25.0 Å². The fraction of sp³-hybridized carbons (Fsp3) is 0.429. The van der Waals surface area contributed by atoms with Crippen molar-refractivity contribution < 1.29 is 8.78 Å². The number of halogens is 2. The highest BCUT2D eigenvalue weighted by Crippen LogP contribution is 2.47. The van der Waals surface area contributed by atoms with E-state index in [4.69, 9.17) is 0 Å². The Bertz CT molecular complexity index is 607. The SMILES string of the molecule is CCCC1CCC(c2cccc(F)c2)(c2cccc(F)c2)CC1. The predicted octanol–water partition coefficient (Wildman–Crippen LogP) is 6.24. The van der Waals surface area contributed by atoms with Crippen LogP contribution in [-0.2, 0) is 5.41 Å². The Morgan fingerprint density at radius 2 is 1.43 bits per heavy atom. The lowest BCUT2D eigenvalue weighted by atomic mass is 9.62. The van der Waals surface area contributed by atoms with Crippen LogP contribution in [0.15, 0.2) is 48.5 Å². The molecule has 0 unspecified atom stereocenters. The first-order chi connectivity index (χ1) is 11.1. The third-order valence-corrected chi connectivity index (χ3v) is 5.41. The molecule has 23 heavy (non-hydrogen) atoms. The van der Waals surface area contributed by atoms with E-state index in [9.17, 15) is 8.78 Å². The van der Waals surface area contributed by atoms with Gasteiger partial charge in [-0.2, -0.15) is 0 Å². The maximum absolute atomic E-state index is 13.8. The first kappa shape index (κ1) is 16.2. The van der Waals surface area contributed by atoms with E-state index in [1.54, 1.807) is 24.3 Å². The Labute approximate surface area is 137 Å². The topological polar surface area (TPSA) is 0 Å². The largest absolute Gasteiger partial charge is 0.207 e. The van der Waals surface area contributed by atoms with Crippen LogP contribution in [0.2, 0.25) is 0 Å². The molecule has 0 aromatic heterocycles. The maximum atomic E-state index is 13.8. The van der Waals surface area contributed by atoms with Crippen LogP contribution in [0.5, 0.6) is 0 Å². The van der Waals surface area contributed by atoms with Crippen LogP contribution in [0, 0.1) is 17.6 Å². The van der Waals surface area contributed by atoms with E-state index in [0.29, 0.717) is 0 Å². The summed E-state index contributed by atoms with van der Waals surface area (Å²) in [4.78, 5) is 0. The molecule has 0 aliphatic heterocycles. The summed E-state index contributed by atoms with van der Waals surface area (Å²) < 4.78 is 27.6. The molecule has 0 atom stereocenters. The molecule has 1 aliphatic rings. The molecule has 3 rings (SSSR count). The summed E-state index contributed by atoms with van der Waals surface area (Å²) >= 11 is 0. The van der Waals surface area contributed by atoms with Gasteiger partial charge in [-0.1, -0.05) is 44.0 Å². The molecular weight excluding hydrogens is 290 g/mol. The third-order valence-electron chi connectivity index (χ3n) is 5.41. The molecule has 0 nitrogen and oxygen atoms in total. The highest BCUT2D eigenvalue weighted by Gasteiger charge is 2.38. The molecule has 1 aliphatic carbocycles. The van der Waals surface area contributed by atoms with E-state index in [1.807, 2.05) is 12.1 Å². The fourth-order valence-electron chi connectivity index (χ4n) is 4.18. The lowest BCUT2D eigenvalue weighted by Crippen LogP contribution is -2.33. The standard InChI is InChI=1S/C21H24F2/c1-2-5-16-10-12-21(13-11-16,17-6-3-8-19(22)14-17)18-7-4-9-20(23)15-18/h3-4,6-9,14-16H,2,5,10-13H2,1H3. The van der Waals surface area contributed by atoms with Crippen molar-refractivity contribution in [3.05, 3.63) is 71.3 Å². The van der Waals surface area contributed by atoms with Gasteiger partial charge in [0.2, 0.25) is 0 Å². The van der Waals surface area contributed by atoms with E-state index >= 15 is 0 Å². The number of hydrogen-bond donors (Lipinski definition) is 0. The minimum atomic E-state index is -0.256. The van der Waals surface area contributed by atoms with E-state index in [2.05, 4.69) is 6.92 Å². The Morgan fingerprint density at radius 1 is 0.913 bits per heavy atom. The quantitative estimate of drug-likeness (QED) is 0.626. The summed E-state index contributed by atoms with van der Waals surface area (Å²) in [5.41, 5.74) is 1.71. The van der Waals surface area contributed by atoms with Gasteiger partial charge in [0.15, 0.2) is 0 Å². The van der Waals surface area contributed by atoms with Gasteiger partial charge in [0, 0.05) is 5.41 Å². The van der Waals surface area contributed by atoms with E-state index < -0.39 is 0 Å². The maximum Gasteiger partial charge on any atom is 0.123 e. The number of rotatable bonds is 4. The molecule has 2 aromatic rings. The summed E-state index contributed by atoms with van der Waals surface area (Å²) in [5.74, 6) is 0.318. The van der Waals surface area contributed by atoms with Crippen molar-refractivity contribution in [1.82, 2.24) is 0 Å². The van der Waals surface area contributed by atoms with Gasteiger partial charge < -0.3 is 0 Å². The first-order valence-corrected chi connectivity index (χ1v) is 8.66. The van der Waals surface area contributed by atoms with Gasteiger partial charge in [-0.3, -0.25) is 0 Å². The lowest BCUT2D eigenvalue weighted by molar-refractivity contribution is 0.253. The molecule has 1 fully saturated rings. The minimum Gasteiger partial charge on any atom is -0.207 e. The molecule has 0 spiro atoms. The normalized spacial score (nSPS) is 18.0. The first-order valence-electron chi connectivity index (χ1n) is 8.66. The van der Waals surface area contributed by atoms with Crippen LogP contribution in [0.4, 0.5) is 8.78 Å². The monoisotopic (exact) mass is 314 g/mol. The van der Waals surface area contributed by atoms with Gasteiger partial charge in [-0.05, 0) is 67.0 Å². The molecule has 0 radical (unpaired) electrons. The van der Waals surface area contributed by atoms with E-state index in [-0.39, 0.29) is 17.0 Å². The van der Waals surface area contributed by atoms with Gasteiger partial charge in [0.25, 0.3) is 0 Å². The van der Waals surface area contributed by atoms with Crippen LogP contribution in [0.1, 0.15) is 56.6 Å². The number of benzene rings is 2. The second-order valence-corrected chi connectivity index (χ2v) is 6.83. The fourth-order valence-corrected chi connectivity index (χ4v) is 4.18. The zero-order valence-corrected chi connectivity index (χ0v) is 13.7. The lowest BCUT2D eigenvalue weighted by Gasteiger charge is -2.41. The van der Waals surface area contributed by atoms with Crippen molar-refractivity contribution >= 4 is 0 Å². The molecule has 2 aromatic carbocycles. The molecule has 0 heterocycles. The van der Waals surface area contributed by atoms with Gasteiger partial charge in [0.05, 0.1) is 0 Å². The summed E-state index contributed by atoms with van der Waals surface area (Å²) in [5, 5.41) is 0. The van der Waals surface area contributed by atoms with Crippen molar-refractivity contribution in [2.45, 2.75) is 50.9 Å². The molecule has 0 N–H and O–H groups in total. The van der Waals surface area contributed by atoms with Crippen molar-refractivity contribution in [2.24, 2.45) is 5.92 Å². The highest BCUT2D eigenvalue weighted by molar-refractivity contribution is 5.40. The van der Waals surface area contributed by atoms with Gasteiger partial charge in [-0.15, -0.1) is 0 Å². The van der Waals surface area contributed by atoms with Crippen molar-refractivity contribution in [2.75, 3.05) is 0 Å². The van der Waals surface area contributed by atoms with Crippen LogP contribution in [0.3, 0.4) is 0 Å². The zero-order valence-electron chi connectivity index (χ0n) is 13.7. The average Bonchev–Trinajstić information content (AvgIpc) is 2.56. The summed E-state index contributed by atoms with van der Waals surface area (Å²) in [6.07, 6.45) is 6.64. The Kier molecular flexibility index (Phi) is 4.79. The van der Waals surface area contributed by atoms with Gasteiger partial charge in [0.1, 0.15) is 11.6 Å².